The fraction of sp³-hybridized carbons (Fsp3) is 0.357. The summed E-state index contributed by atoms with van der Waals surface area (Å²) >= 11 is 1.74. The zero-order valence-electron chi connectivity index (χ0n) is 10.4. The van der Waals surface area contributed by atoms with Gasteiger partial charge >= 0.3 is 0 Å². The van der Waals surface area contributed by atoms with Crippen LogP contribution in [-0.4, -0.2) is 12.1 Å². The van der Waals surface area contributed by atoms with Crippen LogP contribution in [-0.2, 0) is 6.42 Å². The molecule has 17 heavy (non-hydrogen) atoms. The van der Waals surface area contributed by atoms with E-state index in [0.717, 1.165) is 12.2 Å². The van der Waals surface area contributed by atoms with Crippen molar-refractivity contribution in [2.24, 2.45) is 0 Å². The molecule has 0 bridgehead atoms. The third kappa shape index (κ3) is 3.07. The summed E-state index contributed by atoms with van der Waals surface area (Å²) in [6.45, 7) is 4.35. The molecule has 0 saturated carbocycles. The zero-order valence-corrected chi connectivity index (χ0v) is 11.3. The fourth-order valence-corrected chi connectivity index (χ4v) is 2.58. The lowest BCUT2D eigenvalue weighted by Gasteiger charge is -2.01. The predicted molar refractivity (Wildman–Crippen MR) is 72.0 cm³/mol. The Morgan fingerprint density at radius 1 is 1.24 bits per heavy atom. The molecule has 1 heterocycles. The summed E-state index contributed by atoms with van der Waals surface area (Å²) in [6.07, 6.45) is 0.904. The molecule has 2 nitrogen and oxygen atoms in total. The van der Waals surface area contributed by atoms with Crippen molar-refractivity contribution in [1.82, 2.24) is 4.98 Å². The van der Waals surface area contributed by atoms with Crippen LogP contribution in [0.2, 0.25) is 0 Å². The Balaban J connectivity index is 2.08. The summed E-state index contributed by atoms with van der Waals surface area (Å²) < 4.78 is 5.14. The van der Waals surface area contributed by atoms with E-state index in [4.69, 9.17) is 4.74 Å². The first kappa shape index (κ1) is 12.1. The van der Waals surface area contributed by atoms with E-state index in [-0.39, 0.29) is 0 Å². The van der Waals surface area contributed by atoms with Gasteiger partial charge in [-0.15, -0.1) is 11.3 Å². The number of ether oxygens (including phenoxy) is 1. The van der Waals surface area contributed by atoms with E-state index < -0.39 is 0 Å². The summed E-state index contributed by atoms with van der Waals surface area (Å²) in [7, 11) is 1.69. The van der Waals surface area contributed by atoms with Crippen molar-refractivity contribution in [3.63, 3.8) is 0 Å². The highest BCUT2D eigenvalue weighted by Gasteiger charge is 2.06. The van der Waals surface area contributed by atoms with Crippen molar-refractivity contribution in [3.05, 3.63) is 45.9 Å². The zero-order chi connectivity index (χ0) is 12.3. The number of aromatic nitrogens is 1. The van der Waals surface area contributed by atoms with Crippen LogP contribution in [0.5, 0.6) is 5.75 Å². The minimum absolute atomic E-state index is 0.510. The summed E-state index contributed by atoms with van der Waals surface area (Å²) in [5.74, 6) is 1.41. The van der Waals surface area contributed by atoms with Gasteiger partial charge in [0.2, 0.25) is 0 Å². The minimum Gasteiger partial charge on any atom is -0.497 e. The van der Waals surface area contributed by atoms with Gasteiger partial charge in [0.05, 0.1) is 17.8 Å². The number of rotatable bonds is 4. The summed E-state index contributed by atoms with van der Waals surface area (Å²) in [6, 6.07) is 8.17. The summed E-state index contributed by atoms with van der Waals surface area (Å²) in [5.41, 5.74) is 2.47. The van der Waals surface area contributed by atoms with Crippen LogP contribution in [0.15, 0.2) is 29.6 Å². The monoisotopic (exact) mass is 247 g/mol. The molecule has 1 aromatic heterocycles. The Morgan fingerprint density at radius 2 is 1.94 bits per heavy atom. The second-order valence-corrected chi connectivity index (χ2v) is 5.29. The Bertz CT molecular complexity index is 473. The van der Waals surface area contributed by atoms with Gasteiger partial charge in [0, 0.05) is 11.8 Å². The quantitative estimate of drug-likeness (QED) is 0.818. The number of methoxy groups -OCH3 is 1. The highest BCUT2D eigenvalue weighted by molar-refractivity contribution is 7.09. The van der Waals surface area contributed by atoms with Gasteiger partial charge < -0.3 is 4.74 Å². The van der Waals surface area contributed by atoms with Gasteiger partial charge in [-0.05, 0) is 23.6 Å². The van der Waals surface area contributed by atoms with Crippen molar-refractivity contribution in [2.45, 2.75) is 26.2 Å². The van der Waals surface area contributed by atoms with Crippen LogP contribution in [0.1, 0.15) is 36.0 Å². The molecule has 0 aliphatic rings. The highest BCUT2D eigenvalue weighted by Crippen LogP contribution is 2.21. The van der Waals surface area contributed by atoms with E-state index in [1.54, 1.807) is 18.4 Å². The van der Waals surface area contributed by atoms with E-state index in [2.05, 4.69) is 36.3 Å². The SMILES string of the molecule is COc1ccc(Cc2nc(C(C)C)cs2)cc1. The number of hydrogen-bond acceptors (Lipinski definition) is 3. The van der Waals surface area contributed by atoms with Gasteiger partial charge in [-0.3, -0.25) is 0 Å². The van der Waals surface area contributed by atoms with Crippen LogP contribution in [0, 0.1) is 0 Å². The molecule has 0 unspecified atom stereocenters. The molecule has 3 heteroatoms. The Hall–Kier alpha value is -1.35. The van der Waals surface area contributed by atoms with Gasteiger partial charge in [-0.1, -0.05) is 26.0 Å². The van der Waals surface area contributed by atoms with Crippen molar-refractivity contribution in [2.75, 3.05) is 7.11 Å². The van der Waals surface area contributed by atoms with E-state index in [1.165, 1.54) is 16.3 Å². The molecule has 0 saturated heterocycles. The van der Waals surface area contributed by atoms with Gasteiger partial charge in [-0.2, -0.15) is 0 Å². The first-order chi connectivity index (χ1) is 8.19. The lowest BCUT2D eigenvalue weighted by molar-refractivity contribution is 0.414. The third-order valence-electron chi connectivity index (χ3n) is 2.68. The first-order valence-electron chi connectivity index (χ1n) is 5.76. The predicted octanol–water partition coefficient (Wildman–Crippen LogP) is 3.87. The third-order valence-corrected chi connectivity index (χ3v) is 3.54. The van der Waals surface area contributed by atoms with Crippen molar-refractivity contribution >= 4 is 11.3 Å². The fourth-order valence-electron chi connectivity index (χ4n) is 1.59. The van der Waals surface area contributed by atoms with E-state index in [0.29, 0.717) is 5.92 Å². The van der Waals surface area contributed by atoms with Crippen LogP contribution >= 0.6 is 11.3 Å². The Morgan fingerprint density at radius 3 is 2.47 bits per heavy atom. The molecule has 0 N–H and O–H groups in total. The average Bonchev–Trinajstić information content (AvgIpc) is 2.79. The average molecular weight is 247 g/mol. The van der Waals surface area contributed by atoms with Crippen LogP contribution in [0.4, 0.5) is 0 Å². The number of benzene rings is 1. The molecule has 2 rings (SSSR count). The molecule has 0 fully saturated rings. The first-order valence-corrected chi connectivity index (χ1v) is 6.64. The molecular formula is C14H17NOS. The Kier molecular flexibility index (Phi) is 3.79. The van der Waals surface area contributed by atoms with Gasteiger partial charge in [0.1, 0.15) is 5.75 Å². The van der Waals surface area contributed by atoms with Crippen molar-refractivity contribution in [3.8, 4) is 5.75 Å². The molecule has 0 radical (unpaired) electrons. The lowest BCUT2D eigenvalue weighted by Crippen LogP contribution is -1.91. The van der Waals surface area contributed by atoms with Gasteiger partial charge in [0.25, 0.3) is 0 Å². The van der Waals surface area contributed by atoms with Crippen LogP contribution in [0.25, 0.3) is 0 Å². The molecular weight excluding hydrogens is 230 g/mol. The Labute approximate surface area is 106 Å². The molecule has 0 amide bonds. The normalized spacial score (nSPS) is 10.8. The van der Waals surface area contributed by atoms with E-state index >= 15 is 0 Å². The van der Waals surface area contributed by atoms with Crippen LogP contribution in [0.3, 0.4) is 0 Å². The van der Waals surface area contributed by atoms with Crippen molar-refractivity contribution < 1.29 is 4.74 Å². The second kappa shape index (κ2) is 5.32. The molecule has 0 spiro atoms. The highest BCUT2D eigenvalue weighted by atomic mass is 32.1. The second-order valence-electron chi connectivity index (χ2n) is 4.35. The largest absolute Gasteiger partial charge is 0.497 e. The smallest absolute Gasteiger partial charge is 0.118 e. The topological polar surface area (TPSA) is 22.1 Å². The van der Waals surface area contributed by atoms with E-state index in [1.807, 2.05) is 12.1 Å². The maximum absolute atomic E-state index is 5.14. The molecule has 1 aromatic carbocycles. The molecule has 90 valence electrons. The molecule has 2 aromatic rings. The van der Waals surface area contributed by atoms with Crippen LogP contribution < -0.4 is 4.74 Å². The maximum atomic E-state index is 5.14. The minimum atomic E-state index is 0.510. The summed E-state index contributed by atoms with van der Waals surface area (Å²) in [5, 5.41) is 3.34. The number of thiazole rings is 1. The van der Waals surface area contributed by atoms with E-state index in [9.17, 15) is 0 Å². The van der Waals surface area contributed by atoms with Gasteiger partial charge in [-0.25, -0.2) is 4.98 Å². The molecule has 0 aliphatic carbocycles. The van der Waals surface area contributed by atoms with Gasteiger partial charge in [0.15, 0.2) is 0 Å². The van der Waals surface area contributed by atoms with Crippen molar-refractivity contribution in [1.29, 1.82) is 0 Å². The maximum Gasteiger partial charge on any atom is 0.118 e. The molecule has 0 atom stereocenters. The summed E-state index contributed by atoms with van der Waals surface area (Å²) in [4.78, 5) is 4.63. The number of nitrogens with zero attached hydrogens (tertiary/aromatic N) is 1. The standard InChI is InChI=1S/C14H17NOS/c1-10(2)13-9-17-14(15-13)8-11-4-6-12(16-3)7-5-11/h4-7,9-10H,8H2,1-3H3. The molecule has 0 aliphatic heterocycles. The number of hydrogen-bond donors (Lipinski definition) is 0. The lowest BCUT2D eigenvalue weighted by atomic mass is 10.1.